The Morgan fingerprint density at radius 1 is 1.14 bits per heavy atom. The minimum absolute atomic E-state index is 0.0983. The van der Waals surface area contributed by atoms with Gasteiger partial charge in [-0.05, 0) is 18.2 Å². The van der Waals surface area contributed by atoms with Crippen LogP contribution in [0.1, 0.15) is 17.2 Å². The first-order valence-electron chi connectivity index (χ1n) is 6.40. The smallest absolute Gasteiger partial charge is 0.416 e. The Morgan fingerprint density at radius 3 is 2.62 bits per heavy atom. The molecule has 0 saturated carbocycles. The lowest BCUT2D eigenvalue weighted by molar-refractivity contribution is -0.137. The molecule has 0 amide bonds. The van der Waals surface area contributed by atoms with Crippen molar-refractivity contribution in [3.63, 3.8) is 0 Å². The lowest BCUT2D eigenvalue weighted by Crippen LogP contribution is -2.40. The normalized spacial score (nSPS) is 15.6. The van der Waals surface area contributed by atoms with Crippen molar-refractivity contribution in [1.29, 1.82) is 0 Å². The van der Waals surface area contributed by atoms with E-state index in [9.17, 15) is 13.2 Å². The minimum atomic E-state index is -4.40. The summed E-state index contributed by atoms with van der Waals surface area (Å²) in [5.74, 6) is 0.643. The summed E-state index contributed by atoms with van der Waals surface area (Å²) in [7, 11) is 0. The Bertz CT molecular complexity index is 641. The summed E-state index contributed by atoms with van der Waals surface area (Å²) in [6.07, 6.45) is -3.04. The van der Waals surface area contributed by atoms with Crippen molar-refractivity contribution in [3.05, 3.63) is 47.9 Å². The van der Waals surface area contributed by atoms with Crippen LogP contribution in [0.3, 0.4) is 0 Å². The van der Waals surface area contributed by atoms with Crippen molar-refractivity contribution in [3.8, 4) is 11.6 Å². The van der Waals surface area contributed by atoms with Gasteiger partial charge in [0.25, 0.3) is 0 Å². The largest absolute Gasteiger partial charge is 0.439 e. The minimum Gasteiger partial charge on any atom is -0.439 e. The molecular weight excluding hydrogens is 283 g/mol. The molecule has 1 aliphatic heterocycles. The SMILES string of the molecule is FC(F)(F)c1cccc(Oc2cc(C3CNC3)ncn2)c1. The monoisotopic (exact) mass is 295 g/mol. The lowest BCUT2D eigenvalue weighted by Gasteiger charge is -2.26. The molecular formula is C14H12F3N3O. The van der Waals surface area contributed by atoms with Crippen LogP contribution in [0.4, 0.5) is 13.2 Å². The zero-order chi connectivity index (χ0) is 14.9. The Kier molecular flexibility index (Phi) is 3.50. The highest BCUT2D eigenvalue weighted by atomic mass is 19.4. The number of halogens is 3. The van der Waals surface area contributed by atoms with Crippen LogP contribution < -0.4 is 10.1 Å². The van der Waals surface area contributed by atoms with E-state index >= 15 is 0 Å². The average molecular weight is 295 g/mol. The second-order valence-corrected chi connectivity index (χ2v) is 4.76. The molecule has 21 heavy (non-hydrogen) atoms. The van der Waals surface area contributed by atoms with Gasteiger partial charge in [-0.2, -0.15) is 13.2 Å². The van der Waals surface area contributed by atoms with Crippen molar-refractivity contribution >= 4 is 0 Å². The second-order valence-electron chi connectivity index (χ2n) is 4.76. The van der Waals surface area contributed by atoms with Gasteiger partial charge in [0.05, 0.1) is 11.3 Å². The van der Waals surface area contributed by atoms with E-state index in [4.69, 9.17) is 4.74 Å². The zero-order valence-corrected chi connectivity index (χ0v) is 10.9. The molecule has 0 spiro atoms. The Morgan fingerprint density at radius 2 is 1.95 bits per heavy atom. The van der Waals surface area contributed by atoms with E-state index in [0.717, 1.165) is 30.9 Å². The Hall–Kier alpha value is -2.15. The summed E-state index contributed by atoms with van der Waals surface area (Å²) in [6, 6.07) is 6.37. The molecule has 1 saturated heterocycles. The number of nitrogens with one attached hydrogen (secondary N) is 1. The topological polar surface area (TPSA) is 47.0 Å². The van der Waals surface area contributed by atoms with Gasteiger partial charge in [0.2, 0.25) is 5.88 Å². The van der Waals surface area contributed by atoms with Crippen LogP contribution in [-0.2, 0) is 6.18 Å². The summed E-state index contributed by atoms with van der Waals surface area (Å²) in [5.41, 5.74) is 0.0724. The molecule has 2 heterocycles. The van der Waals surface area contributed by atoms with Crippen molar-refractivity contribution < 1.29 is 17.9 Å². The van der Waals surface area contributed by atoms with Crippen LogP contribution >= 0.6 is 0 Å². The van der Waals surface area contributed by atoms with Crippen LogP contribution in [0.25, 0.3) is 0 Å². The number of benzene rings is 1. The van der Waals surface area contributed by atoms with E-state index in [0.29, 0.717) is 5.92 Å². The van der Waals surface area contributed by atoms with Crippen molar-refractivity contribution in [2.75, 3.05) is 13.1 Å². The average Bonchev–Trinajstić information content (AvgIpc) is 2.36. The van der Waals surface area contributed by atoms with Crippen LogP contribution in [0.5, 0.6) is 11.6 Å². The zero-order valence-electron chi connectivity index (χ0n) is 10.9. The van der Waals surface area contributed by atoms with Crippen LogP contribution in [0.15, 0.2) is 36.7 Å². The summed E-state index contributed by atoms with van der Waals surface area (Å²) < 4.78 is 43.3. The second kappa shape index (κ2) is 5.33. The number of hydrogen-bond donors (Lipinski definition) is 1. The Labute approximate surface area is 119 Å². The summed E-state index contributed by atoms with van der Waals surface area (Å²) in [6.45, 7) is 1.67. The highest BCUT2D eigenvalue weighted by Gasteiger charge is 2.30. The van der Waals surface area contributed by atoms with Gasteiger partial charge in [-0.1, -0.05) is 6.07 Å². The van der Waals surface area contributed by atoms with Gasteiger partial charge in [0.1, 0.15) is 12.1 Å². The Balaban J connectivity index is 1.80. The molecule has 0 aliphatic carbocycles. The number of hydrogen-bond acceptors (Lipinski definition) is 4. The van der Waals surface area contributed by atoms with E-state index in [2.05, 4.69) is 15.3 Å². The van der Waals surface area contributed by atoms with Crippen molar-refractivity contribution in [2.24, 2.45) is 0 Å². The molecule has 3 rings (SSSR count). The van der Waals surface area contributed by atoms with Gasteiger partial charge < -0.3 is 10.1 Å². The fourth-order valence-corrected chi connectivity index (χ4v) is 1.99. The first-order valence-corrected chi connectivity index (χ1v) is 6.40. The maximum atomic E-state index is 12.6. The number of rotatable bonds is 3. The van der Waals surface area contributed by atoms with E-state index in [1.54, 1.807) is 6.07 Å². The number of nitrogens with zero attached hydrogens (tertiary/aromatic N) is 2. The molecule has 110 valence electrons. The predicted octanol–water partition coefficient (Wildman–Crippen LogP) is 2.97. The van der Waals surface area contributed by atoms with Crippen molar-refractivity contribution in [2.45, 2.75) is 12.1 Å². The van der Waals surface area contributed by atoms with E-state index in [1.165, 1.54) is 18.5 Å². The molecule has 7 heteroatoms. The highest BCUT2D eigenvalue weighted by Crippen LogP contribution is 2.32. The molecule has 1 aliphatic rings. The molecule has 0 atom stereocenters. The fraction of sp³-hybridized carbons (Fsp3) is 0.286. The molecule has 2 aromatic rings. The van der Waals surface area contributed by atoms with E-state index in [1.807, 2.05) is 0 Å². The maximum Gasteiger partial charge on any atom is 0.416 e. The van der Waals surface area contributed by atoms with Gasteiger partial charge in [-0.3, -0.25) is 0 Å². The molecule has 1 aromatic carbocycles. The molecule has 1 aromatic heterocycles. The molecule has 0 radical (unpaired) electrons. The van der Waals surface area contributed by atoms with E-state index in [-0.39, 0.29) is 11.6 Å². The number of aromatic nitrogens is 2. The predicted molar refractivity (Wildman–Crippen MR) is 69.2 cm³/mol. The third-order valence-electron chi connectivity index (χ3n) is 3.25. The molecule has 0 bridgehead atoms. The molecule has 4 nitrogen and oxygen atoms in total. The third kappa shape index (κ3) is 3.13. The quantitative estimate of drug-likeness (QED) is 0.945. The van der Waals surface area contributed by atoms with Gasteiger partial charge in [-0.25, -0.2) is 9.97 Å². The van der Waals surface area contributed by atoms with Gasteiger partial charge in [0.15, 0.2) is 0 Å². The first-order chi connectivity index (χ1) is 10.0. The van der Waals surface area contributed by atoms with Crippen LogP contribution in [0.2, 0.25) is 0 Å². The maximum absolute atomic E-state index is 12.6. The fourth-order valence-electron chi connectivity index (χ4n) is 1.99. The molecule has 1 N–H and O–H groups in total. The standard InChI is InChI=1S/C14H12F3N3O/c15-14(16,17)10-2-1-3-11(4-10)21-13-5-12(19-8-20-13)9-6-18-7-9/h1-5,8-9,18H,6-7H2. The van der Waals surface area contributed by atoms with Crippen molar-refractivity contribution in [1.82, 2.24) is 15.3 Å². The first kappa shape index (κ1) is 13.8. The number of ether oxygens (including phenoxy) is 1. The van der Waals surface area contributed by atoms with Gasteiger partial charge in [-0.15, -0.1) is 0 Å². The van der Waals surface area contributed by atoms with E-state index < -0.39 is 11.7 Å². The third-order valence-corrected chi connectivity index (χ3v) is 3.25. The lowest BCUT2D eigenvalue weighted by atomic mass is 9.99. The summed E-state index contributed by atoms with van der Waals surface area (Å²) in [5, 5.41) is 3.13. The molecule has 0 unspecified atom stereocenters. The van der Waals surface area contributed by atoms with Gasteiger partial charge >= 0.3 is 6.18 Å². The highest BCUT2D eigenvalue weighted by molar-refractivity contribution is 5.33. The van der Waals surface area contributed by atoms with Crippen LogP contribution in [-0.4, -0.2) is 23.1 Å². The summed E-state index contributed by atoms with van der Waals surface area (Å²) in [4.78, 5) is 8.08. The summed E-state index contributed by atoms with van der Waals surface area (Å²) >= 11 is 0. The van der Waals surface area contributed by atoms with Crippen LogP contribution in [0, 0.1) is 0 Å². The van der Waals surface area contributed by atoms with Gasteiger partial charge in [0, 0.05) is 25.1 Å². The molecule has 1 fully saturated rings. The number of alkyl halides is 3.